The number of thiocarbonyl (C=S) groups is 1. The lowest BCUT2D eigenvalue weighted by Gasteiger charge is -2.11. The van der Waals surface area contributed by atoms with Crippen molar-refractivity contribution >= 4 is 40.3 Å². The van der Waals surface area contributed by atoms with E-state index in [-0.39, 0.29) is 5.69 Å². The molecule has 0 aliphatic heterocycles. The second kappa shape index (κ2) is 5.80. The van der Waals surface area contributed by atoms with Crippen LogP contribution in [-0.4, -0.2) is 5.11 Å². The van der Waals surface area contributed by atoms with E-state index >= 15 is 0 Å². The number of halogens is 2. The zero-order valence-electron chi connectivity index (χ0n) is 9.28. The minimum atomic E-state index is -0.445. The predicted octanol–water partition coefficient (Wildman–Crippen LogP) is 4.29. The molecule has 0 atom stereocenters. The number of rotatable bonds is 2. The van der Waals surface area contributed by atoms with Crippen molar-refractivity contribution in [3.8, 4) is 0 Å². The van der Waals surface area contributed by atoms with E-state index in [1.165, 1.54) is 12.1 Å². The molecular formula is C13H10ClFN2S. The Kier molecular flexibility index (Phi) is 4.12. The molecular weight excluding hydrogens is 271 g/mol. The lowest BCUT2D eigenvalue weighted by molar-refractivity contribution is 0.632. The van der Waals surface area contributed by atoms with Crippen molar-refractivity contribution in [1.29, 1.82) is 0 Å². The molecule has 0 saturated carbocycles. The standard InChI is InChI=1S/C13H10ClFN2S/c14-9-6-7-12(11(15)8-9)17-13(18)16-10-4-2-1-3-5-10/h1-8H,(H2,16,17,18). The third-order valence-electron chi connectivity index (χ3n) is 2.21. The van der Waals surface area contributed by atoms with Crippen LogP contribution in [0.3, 0.4) is 0 Å². The third kappa shape index (κ3) is 3.42. The van der Waals surface area contributed by atoms with Crippen LogP contribution in [0.15, 0.2) is 48.5 Å². The summed E-state index contributed by atoms with van der Waals surface area (Å²) in [6.07, 6.45) is 0. The molecule has 18 heavy (non-hydrogen) atoms. The van der Waals surface area contributed by atoms with Crippen molar-refractivity contribution in [2.75, 3.05) is 10.6 Å². The van der Waals surface area contributed by atoms with Gasteiger partial charge in [-0.3, -0.25) is 0 Å². The Morgan fingerprint density at radius 1 is 1.06 bits per heavy atom. The van der Waals surface area contributed by atoms with E-state index in [1.54, 1.807) is 6.07 Å². The summed E-state index contributed by atoms with van der Waals surface area (Å²) in [5.74, 6) is -0.445. The second-order valence-corrected chi connectivity index (χ2v) is 4.41. The van der Waals surface area contributed by atoms with Gasteiger partial charge >= 0.3 is 0 Å². The quantitative estimate of drug-likeness (QED) is 0.803. The first-order valence-electron chi connectivity index (χ1n) is 5.23. The van der Waals surface area contributed by atoms with Crippen molar-refractivity contribution in [3.63, 3.8) is 0 Å². The second-order valence-electron chi connectivity index (χ2n) is 3.57. The summed E-state index contributed by atoms with van der Waals surface area (Å²) in [6, 6.07) is 13.8. The number of para-hydroxylation sites is 1. The van der Waals surface area contributed by atoms with Gasteiger partial charge in [-0.25, -0.2) is 4.39 Å². The molecule has 0 aliphatic rings. The molecule has 2 N–H and O–H groups in total. The molecule has 5 heteroatoms. The first-order valence-corrected chi connectivity index (χ1v) is 6.02. The number of hydrogen-bond donors (Lipinski definition) is 2. The van der Waals surface area contributed by atoms with Crippen LogP contribution in [-0.2, 0) is 0 Å². The molecule has 0 unspecified atom stereocenters. The third-order valence-corrected chi connectivity index (χ3v) is 2.65. The molecule has 92 valence electrons. The lowest BCUT2D eigenvalue weighted by atomic mass is 10.3. The molecule has 2 rings (SSSR count). The van der Waals surface area contributed by atoms with Gasteiger partial charge in [0.1, 0.15) is 5.82 Å². The van der Waals surface area contributed by atoms with Crippen LogP contribution in [0.2, 0.25) is 5.02 Å². The Labute approximate surface area is 115 Å². The summed E-state index contributed by atoms with van der Waals surface area (Å²) < 4.78 is 13.5. The molecule has 2 aromatic carbocycles. The van der Waals surface area contributed by atoms with Crippen LogP contribution >= 0.6 is 23.8 Å². The van der Waals surface area contributed by atoms with Crippen LogP contribution in [0.4, 0.5) is 15.8 Å². The maximum atomic E-state index is 13.5. The topological polar surface area (TPSA) is 24.1 Å². The van der Waals surface area contributed by atoms with E-state index in [2.05, 4.69) is 10.6 Å². The van der Waals surface area contributed by atoms with Gasteiger partial charge in [0.15, 0.2) is 5.11 Å². The molecule has 0 radical (unpaired) electrons. The van der Waals surface area contributed by atoms with Crippen LogP contribution in [0.5, 0.6) is 0 Å². The fourth-order valence-corrected chi connectivity index (χ4v) is 1.78. The largest absolute Gasteiger partial charge is 0.332 e. The van der Waals surface area contributed by atoms with E-state index in [4.69, 9.17) is 23.8 Å². The minimum absolute atomic E-state index is 0.285. The van der Waals surface area contributed by atoms with E-state index < -0.39 is 5.82 Å². The predicted molar refractivity (Wildman–Crippen MR) is 77.7 cm³/mol. The van der Waals surface area contributed by atoms with E-state index in [0.717, 1.165) is 5.69 Å². The Bertz CT molecular complexity index is 560. The Balaban J connectivity index is 2.03. The molecule has 0 amide bonds. The molecule has 2 aromatic rings. The average Bonchev–Trinajstić information content (AvgIpc) is 2.34. The first-order chi connectivity index (χ1) is 8.65. The summed E-state index contributed by atoms with van der Waals surface area (Å²) in [7, 11) is 0. The SMILES string of the molecule is Fc1cc(Cl)ccc1NC(=S)Nc1ccccc1. The number of benzene rings is 2. The smallest absolute Gasteiger partial charge is 0.175 e. The number of anilines is 2. The summed E-state index contributed by atoms with van der Waals surface area (Å²) in [4.78, 5) is 0. The highest BCUT2D eigenvalue weighted by Crippen LogP contribution is 2.19. The summed E-state index contributed by atoms with van der Waals surface area (Å²) in [6.45, 7) is 0. The summed E-state index contributed by atoms with van der Waals surface area (Å²) in [5.41, 5.74) is 1.12. The van der Waals surface area contributed by atoms with Gasteiger partial charge in [-0.05, 0) is 42.5 Å². The monoisotopic (exact) mass is 280 g/mol. The van der Waals surface area contributed by atoms with Gasteiger partial charge in [-0.15, -0.1) is 0 Å². The highest BCUT2D eigenvalue weighted by Gasteiger charge is 2.04. The molecule has 0 aromatic heterocycles. The molecule has 0 aliphatic carbocycles. The average molecular weight is 281 g/mol. The van der Waals surface area contributed by atoms with Crippen molar-refractivity contribution in [1.82, 2.24) is 0 Å². The Morgan fingerprint density at radius 2 is 1.78 bits per heavy atom. The Hall–Kier alpha value is -1.65. The normalized spacial score (nSPS) is 9.89. The fraction of sp³-hybridized carbons (Fsp3) is 0. The van der Waals surface area contributed by atoms with E-state index in [9.17, 15) is 4.39 Å². The fourth-order valence-electron chi connectivity index (χ4n) is 1.40. The molecule has 0 saturated heterocycles. The summed E-state index contributed by atoms with van der Waals surface area (Å²) in [5, 5.41) is 6.39. The van der Waals surface area contributed by atoms with Crippen LogP contribution in [0, 0.1) is 5.82 Å². The van der Waals surface area contributed by atoms with Gasteiger partial charge in [0.05, 0.1) is 5.69 Å². The van der Waals surface area contributed by atoms with Gasteiger partial charge in [0.25, 0.3) is 0 Å². The number of hydrogen-bond acceptors (Lipinski definition) is 1. The molecule has 0 spiro atoms. The zero-order chi connectivity index (χ0) is 13.0. The first kappa shape index (κ1) is 12.8. The van der Waals surface area contributed by atoms with Crippen molar-refractivity contribution in [3.05, 3.63) is 59.4 Å². The maximum Gasteiger partial charge on any atom is 0.175 e. The van der Waals surface area contributed by atoms with Gasteiger partial charge in [-0.1, -0.05) is 29.8 Å². The highest BCUT2D eigenvalue weighted by molar-refractivity contribution is 7.80. The van der Waals surface area contributed by atoms with Crippen molar-refractivity contribution in [2.45, 2.75) is 0 Å². The van der Waals surface area contributed by atoms with Crippen molar-refractivity contribution < 1.29 is 4.39 Å². The van der Waals surface area contributed by atoms with Crippen LogP contribution in [0.1, 0.15) is 0 Å². The minimum Gasteiger partial charge on any atom is -0.332 e. The highest BCUT2D eigenvalue weighted by atomic mass is 35.5. The molecule has 0 heterocycles. The van der Waals surface area contributed by atoms with Gasteiger partial charge in [0.2, 0.25) is 0 Å². The van der Waals surface area contributed by atoms with Crippen LogP contribution in [0.25, 0.3) is 0 Å². The Morgan fingerprint density at radius 3 is 2.44 bits per heavy atom. The van der Waals surface area contributed by atoms with Gasteiger partial charge in [-0.2, -0.15) is 0 Å². The maximum absolute atomic E-state index is 13.5. The zero-order valence-corrected chi connectivity index (χ0v) is 10.9. The van der Waals surface area contributed by atoms with E-state index in [0.29, 0.717) is 10.1 Å². The lowest BCUT2D eigenvalue weighted by Crippen LogP contribution is -2.19. The number of nitrogens with one attached hydrogen (secondary N) is 2. The van der Waals surface area contributed by atoms with Gasteiger partial charge in [0, 0.05) is 10.7 Å². The van der Waals surface area contributed by atoms with Crippen LogP contribution < -0.4 is 10.6 Å². The van der Waals surface area contributed by atoms with Crippen molar-refractivity contribution in [2.24, 2.45) is 0 Å². The van der Waals surface area contributed by atoms with Gasteiger partial charge < -0.3 is 10.6 Å². The molecule has 0 fully saturated rings. The van der Waals surface area contributed by atoms with E-state index in [1.807, 2.05) is 30.3 Å². The molecule has 2 nitrogen and oxygen atoms in total. The summed E-state index contributed by atoms with van der Waals surface area (Å²) >= 11 is 10.8. The molecule has 0 bridgehead atoms.